The maximum atomic E-state index is 11.4. The topological polar surface area (TPSA) is 57.9 Å². The van der Waals surface area contributed by atoms with Crippen LogP contribution in [-0.2, 0) is 0 Å². The molecule has 0 aliphatic heterocycles. The predicted octanol–water partition coefficient (Wildman–Crippen LogP) is 6.72. The van der Waals surface area contributed by atoms with Gasteiger partial charge in [0.1, 0.15) is 0 Å². The molecule has 0 unspecified atom stereocenters. The van der Waals surface area contributed by atoms with Gasteiger partial charge in [-0.3, -0.25) is 9.59 Å². The normalized spacial score (nSPS) is 10.1. The molecule has 0 bridgehead atoms. The van der Waals surface area contributed by atoms with E-state index in [1.54, 1.807) is 31.2 Å². The molecule has 4 rings (SSSR count). The number of ketones is 2. The Morgan fingerprint density at radius 1 is 0.690 bits per heavy atom. The van der Waals surface area contributed by atoms with E-state index >= 15 is 0 Å². The number of nitrogens with zero attached hydrogens (tertiary/aromatic N) is 1. The van der Waals surface area contributed by atoms with Crippen LogP contribution in [0.15, 0.2) is 77.3 Å². The Labute approximate surface area is 177 Å². The number of benzene rings is 4. The summed E-state index contributed by atoms with van der Waals surface area (Å²) in [6, 6.07) is 24.7. The smallest absolute Gasteiger partial charge is 0.160 e. The number of hydrogen-bond acceptors (Lipinski definition) is 3. The lowest BCUT2D eigenvalue weighted by Crippen LogP contribution is -1.93. The van der Waals surface area contributed by atoms with Crippen LogP contribution in [-0.4, -0.2) is 11.6 Å². The van der Waals surface area contributed by atoms with Crippen molar-refractivity contribution < 1.29 is 9.59 Å². The Kier molecular flexibility index (Phi) is 6.21. The first-order valence-corrected chi connectivity index (χ1v) is 9.84. The Morgan fingerprint density at radius 2 is 1.14 bits per heavy atom. The van der Waals surface area contributed by atoms with Gasteiger partial charge in [-0.2, -0.15) is 5.26 Å². The zero-order valence-electron chi connectivity index (χ0n) is 16.1. The molecule has 0 radical (unpaired) electrons. The molecule has 4 aromatic rings. The van der Waals surface area contributed by atoms with Gasteiger partial charge in [0.2, 0.25) is 0 Å². The summed E-state index contributed by atoms with van der Waals surface area (Å²) in [5.74, 6) is 0.129. The first kappa shape index (κ1) is 20.4. The molecule has 0 N–H and O–H groups in total. The Morgan fingerprint density at radius 3 is 1.69 bits per heavy atom. The Balaban J connectivity index is 0.000000166. The second-order valence-electron chi connectivity index (χ2n) is 6.57. The number of rotatable bonds is 2. The number of Topliss-reactive ketones (excluding diaryl/α,β-unsaturated/α-hetero) is 2. The summed E-state index contributed by atoms with van der Waals surface area (Å²) in [5, 5.41) is 12.7. The summed E-state index contributed by atoms with van der Waals surface area (Å²) < 4.78 is 1.03. The summed E-state index contributed by atoms with van der Waals surface area (Å²) in [4.78, 5) is 22.7. The summed E-state index contributed by atoms with van der Waals surface area (Å²) >= 11 is 3.47. The van der Waals surface area contributed by atoms with Crippen LogP contribution in [0.5, 0.6) is 0 Å². The van der Waals surface area contributed by atoms with Crippen molar-refractivity contribution in [2.75, 3.05) is 0 Å². The van der Waals surface area contributed by atoms with E-state index in [1.807, 2.05) is 48.5 Å². The summed E-state index contributed by atoms with van der Waals surface area (Å²) in [6.07, 6.45) is 0. The van der Waals surface area contributed by atoms with Crippen molar-refractivity contribution in [3.05, 3.63) is 94.0 Å². The molecule has 0 aliphatic carbocycles. The van der Waals surface area contributed by atoms with Crippen molar-refractivity contribution >= 4 is 49.0 Å². The second kappa shape index (κ2) is 8.81. The van der Waals surface area contributed by atoms with Crippen LogP contribution < -0.4 is 0 Å². The third-order valence-electron chi connectivity index (χ3n) is 4.67. The van der Waals surface area contributed by atoms with E-state index in [4.69, 9.17) is 5.26 Å². The average Bonchev–Trinajstić information content (AvgIpc) is 2.73. The minimum atomic E-state index is 0.0238. The standard InChI is InChI=1S/C13H9NO.C12H9BrO/c1-9(15)11-5-3-6-12-10(8-14)4-2-7-13(11)12;1-8(14)9-4-2-6-11-10(9)5-3-7-12(11)13/h2-7H,1H3;2-7H,1H3. The third kappa shape index (κ3) is 4.26. The van der Waals surface area contributed by atoms with E-state index in [0.29, 0.717) is 11.1 Å². The number of fused-ring (bicyclic) bond motifs is 2. The van der Waals surface area contributed by atoms with E-state index in [-0.39, 0.29) is 11.6 Å². The van der Waals surface area contributed by atoms with Gasteiger partial charge in [0.15, 0.2) is 11.6 Å². The largest absolute Gasteiger partial charge is 0.294 e. The van der Waals surface area contributed by atoms with Crippen molar-refractivity contribution in [1.29, 1.82) is 5.26 Å². The molecule has 0 amide bonds. The quantitative estimate of drug-likeness (QED) is 0.323. The van der Waals surface area contributed by atoms with E-state index in [1.165, 1.54) is 6.92 Å². The molecule has 0 aliphatic rings. The first-order valence-electron chi connectivity index (χ1n) is 9.05. The summed E-state index contributed by atoms with van der Waals surface area (Å²) in [6.45, 7) is 3.13. The van der Waals surface area contributed by atoms with E-state index in [0.717, 1.165) is 31.6 Å². The van der Waals surface area contributed by atoms with Crippen LogP contribution in [0.4, 0.5) is 0 Å². The van der Waals surface area contributed by atoms with Crippen LogP contribution in [0.3, 0.4) is 0 Å². The first-order chi connectivity index (χ1) is 13.9. The molecule has 0 atom stereocenters. The maximum absolute atomic E-state index is 11.4. The van der Waals surface area contributed by atoms with Crippen molar-refractivity contribution in [2.45, 2.75) is 13.8 Å². The Hall–Kier alpha value is -3.29. The number of carbonyl (C=O) groups is 2. The molecule has 3 nitrogen and oxygen atoms in total. The lowest BCUT2D eigenvalue weighted by atomic mass is 9.99. The van der Waals surface area contributed by atoms with Crippen LogP contribution in [0.2, 0.25) is 0 Å². The van der Waals surface area contributed by atoms with Gasteiger partial charge in [0, 0.05) is 21.0 Å². The number of nitriles is 1. The number of carbonyl (C=O) groups excluding carboxylic acids is 2. The Bertz CT molecular complexity index is 1290. The molecule has 142 valence electrons. The summed E-state index contributed by atoms with van der Waals surface area (Å²) in [5.41, 5.74) is 2.06. The highest BCUT2D eigenvalue weighted by atomic mass is 79.9. The number of hydrogen-bond donors (Lipinski definition) is 0. The van der Waals surface area contributed by atoms with Gasteiger partial charge in [0.05, 0.1) is 11.6 Å². The highest BCUT2D eigenvalue weighted by molar-refractivity contribution is 9.10. The minimum Gasteiger partial charge on any atom is -0.294 e. The van der Waals surface area contributed by atoms with E-state index in [2.05, 4.69) is 22.0 Å². The van der Waals surface area contributed by atoms with Crippen LogP contribution in [0.25, 0.3) is 21.5 Å². The van der Waals surface area contributed by atoms with Crippen molar-refractivity contribution in [1.82, 2.24) is 0 Å². The SMILES string of the molecule is CC(=O)c1cccc2c(Br)cccc12.CC(=O)c1cccc2c(C#N)cccc12. The molecule has 4 aromatic carbocycles. The van der Waals surface area contributed by atoms with Gasteiger partial charge in [-0.25, -0.2) is 0 Å². The molecule has 0 saturated carbocycles. The second-order valence-corrected chi connectivity index (χ2v) is 7.43. The van der Waals surface area contributed by atoms with Crippen molar-refractivity contribution in [3.8, 4) is 6.07 Å². The van der Waals surface area contributed by atoms with Crippen LogP contribution in [0.1, 0.15) is 40.1 Å². The van der Waals surface area contributed by atoms with Gasteiger partial charge >= 0.3 is 0 Å². The van der Waals surface area contributed by atoms with Crippen molar-refractivity contribution in [2.24, 2.45) is 0 Å². The van der Waals surface area contributed by atoms with Gasteiger partial charge in [-0.05, 0) is 42.1 Å². The highest BCUT2D eigenvalue weighted by Gasteiger charge is 2.07. The minimum absolute atomic E-state index is 0.0238. The molecule has 0 fully saturated rings. The highest BCUT2D eigenvalue weighted by Crippen LogP contribution is 2.26. The van der Waals surface area contributed by atoms with E-state index < -0.39 is 0 Å². The fourth-order valence-electron chi connectivity index (χ4n) is 3.29. The number of halogens is 1. The van der Waals surface area contributed by atoms with E-state index in [9.17, 15) is 9.59 Å². The van der Waals surface area contributed by atoms with Crippen molar-refractivity contribution in [3.63, 3.8) is 0 Å². The fourth-order valence-corrected chi connectivity index (χ4v) is 3.79. The van der Waals surface area contributed by atoms with Gasteiger partial charge in [0.25, 0.3) is 0 Å². The molecule has 0 aromatic heterocycles. The molecule has 29 heavy (non-hydrogen) atoms. The van der Waals surface area contributed by atoms with Gasteiger partial charge in [-0.1, -0.05) is 76.6 Å². The van der Waals surface area contributed by atoms with Crippen LogP contribution >= 0.6 is 15.9 Å². The molecular formula is C25H18BrNO2. The molecule has 0 saturated heterocycles. The fraction of sp³-hybridized carbons (Fsp3) is 0.0800. The lowest BCUT2D eigenvalue weighted by Gasteiger charge is -2.04. The zero-order chi connectivity index (χ0) is 21.0. The third-order valence-corrected chi connectivity index (χ3v) is 5.36. The predicted molar refractivity (Wildman–Crippen MR) is 120 cm³/mol. The molecule has 0 heterocycles. The van der Waals surface area contributed by atoms with Gasteiger partial charge < -0.3 is 0 Å². The summed E-state index contributed by atoms with van der Waals surface area (Å²) in [7, 11) is 0. The zero-order valence-corrected chi connectivity index (χ0v) is 17.7. The van der Waals surface area contributed by atoms with Gasteiger partial charge in [-0.15, -0.1) is 0 Å². The molecular weight excluding hydrogens is 426 g/mol. The lowest BCUT2D eigenvalue weighted by molar-refractivity contribution is 0.101. The maximum Gasteiger partial charge on any atom is 0.160 e. The van der Waals surface area contributed by atoms with Crippen LogP contribution in [0, 0.1) is 11.3 Å². The molecule has 0 spiro atoms. The average molecular weight is 444 g/mol. The monoisotopic (exact) mass is 443 g/mol. The molecule has 4 heteroatoms.